The molecule has 0 saturated heterocycles. The maximum absolute atomic E-state index is 11.5. The van der Waals surface area contributed by atoms with Crippen LogP contribution < -0.4 is 10.4 Å². The van der Waals surface area contributed by atoms with Gasteiger partial charge in [-0.2, -0.15) is 0 Å². The molecule has 0 spiro atoms. The van der Waals surface area contributed by atoms with Gasteiger partial charge in [0.1, 0.15) is 29.6 Å². The van der Waals surface area contributed by atoms with Crippen LogP contribution in [0.3, 0.4) is 0 Å². The number of aliphatic hydroxyl groups is 3. The molecule has 1 aromatic heterocycles. The Morgan fingerprint density at radius 1 is 1.15 bits per heavy atom. The van der Waals surface area contributed by atoms with Crippen molar-refractivity contribution in [2.75, 3.05) is 0 Å². The van der Waals surface area contributed by atoms with E-state index in [1.807, 2.05) is 0 Å². The van der Waals surface area contributed by atoms with Crippen molar-refractivity contribution in [3.05, 3.63) is 40.2 Å². The standard InChI is InChI=1S/C17H18O8.H2O/c1-7-4-13(18)25-11-5-8(2-3-9(7)11)24-12-6-10(17(22)23)14(19)16(21)15(12)20;/h2-5,10,12,14-16,19-21H,6H2,1H3,(H,22,23);1H2/t10-,12+,14+,15-,16-;/m0./s1. The molecule has 1 aliphatic carbocycles. The molecular formula is C17H20O9. The molecule has 1 heterocycles. The van der Waals surface area contributed by atoms with Gasteiger partial charge in [-0.05, 0) is 24.6 Å². The maximum atomic E-state index is 11.5. The van der Waals surface area contributed by atoms with Gasteiger partial charge in [0.25, 0.3) is 0 Å². The van der Waals surface area contributed by atoms with Crippen LogP contribution in [0.1, 0.15) is 12.0 Å². The molecule has 9 nitrogen and oxygen atoms in total. The summed E-state index contributed by atoms with van der Waals surface area (Å²) in [5.74, 6) is -2.30. The van der Waals surface area contributed by atoms with Crippen LogP contribution in [0.15, 0.2) is 33.5 Å². The second-order valence-corrected chi connectivity index (χ2v) is 6.21. The van der Waals surface area contributed by atoms with E-state index < -0.39 is 41.9 Å². The quantitative estimate of drug-likeness (QED) is 0.511. The summed E-state index contributed by atoms with van der Waals surface area (Å²) in [5, 5.41) is 39.6. The van der Waals surface area contributed by atoms with Crippen molar-refractivity contribution in [3.8, 4) is 5.75 Å². The highest BCUT2D eigenvalue weighted by atomic mass is 16.5. The fourth-order valence-electron chi connectivity index (χ4n) is 3.11. The van der Waals surface area contributed by atoms with Crippen LogP contribution in [0.2, 0.25) is 0 Å². The largest absolute Gasteiger partial charge is 0.487 e. The smallest absolute Gasteiger partial charge is 0.336 e. The molecular weight excluding hydrogens is 348 g/mol. The van der Waals surface area contributed by atoms with Gasteiger partial charge in [-0.3, -0.25) is 4.79 Å². The molecule has 0 amide bonds. The second-order valence-electron chi connectivity index (χ2n) is 6.21. The van der Waals surface area contributed by atoms with E-state index in [0.717, 1.165) is 10.9 Å². The number of fused-ring (bicyclic) bond motifs is 1. The topological polar surface area (TPSA) is 169 Å². The first-order valence-corrected chi connectivity index (χ1v) is 7.76. The number of benzene rings is 1. The summed E-state index contributed by atoms with van der Waals surface area (Å²) in [6.07, 6.45) is -5.88. The molecule has 9 heteroatoms. The maximum Gasteiger partial charge on any atom is 0.336 e. The normalized spacial score (nSPS) is 28.4. The van der Waals surface area contributed by atoms with Gasteiger partial charge in [-0.1, -0.05) is 0 Å². The highest BCUT2D eigenvalue weighted by molar-refractivity contribution is 5.81. The predicted octanol–water partition coefficient (Wildman–Crippen LogP) is -0.789. The average Bonchev–Trinajstić information content (AvgIpc) is 2.54. The summed E-state index contributed by atoms with van der Waals surface area (Å²) in [6, 6.07) is 6.10. The Bertz CT molecular complexity index is 859. The molecule has 6 N–H and O–H groups in total. The number of rotatable bonds is 3. The number of aliphatic carboxylic acids is 1. The minimum absolute atomic E-state index is 0. The van der Waals surface area contributed by atoms with Crippen molar-refractivity contribution in [2.24, 2.45) is 5.92 Å². The summed E-state index contributed by atoms with van der Waals surface area (Å²) in [5.41, 5.74) is 0.521. The first kappa shape index (κ1) is 19.9. The van der Waals surface area contributed by atoms with Crippen molar-refractivity contribution in [2.45, 2.75) is 37.8 Å². The summed E-state index contributed by atoms with van der Waals surface area (Å²) in [7, 11) is 0. The van der Waals surface area contributed by atoms with E-state index in [1.165, 1.54) is 12.1 Å². The van der Waals surface area contributed by atoms with Gasteiger partial charge in [0.15, 0.2) is 0 Å². The zero-order chi connectivity index (χ0) is 18.3. The molecule has 1 aliphatic rings. The van der Waals surface area contributed by atoms with Gasteiger partial charge >= 0.3 is 11.6 Å². The minimum atomic E-state index is -1.64. The van der Waals surface area contributed by atoms with E-state index >= 15 is 0 Å². The SMILES string of the molecule is Cc1cc(=O)oc2cc(O[C@@H]3C[C@H](C(=O)O)[C@@H](O)[C@H](O)[C@H]3O)ccc12.O. The Labute approximate surface area is 147 Å². The average molecular weight is 368 g/mol. The third-order valence-corrected chi connectivity index (χ3v) is 4.51. The molecule has 1 saturated carbocycles. The van der Waals surface area contributed by atoms with Gasteiger partial charge in [-0.15, -0.1) is 0 Å². The van der Waals surface area contributed by atoms with Crippen LogP contribution in [0.4, 0.5) is 0 Å². The van der Waals surface area contributed by atoms with E-state index in [9.17, 15) is 24.9 Å². The number of aryl methyl sites for hydroxylation is 1. The van der Waals surface area contributed by atoms with Crippen molar-refractivity contribution in [1.29, 1.82) is 0 Å². The second kappa shape index (κ2) is 7.42. The Hall–Kier alpha value is -2.46. The molecule has 0 unspecified atom stereocenters. The zero-order valence-electron chi connectivity index (χ0n) is 13.8. The van der Waals surface area contributed by atoms with Crippen LogP contribution in [0, 0.1) is 12.8 Å². The highest BCUT2D eigenvalue weighted by Crippen LogP contribution is 2.30. The van der Waals surface area contributed by atoms with Gasteiger partial charge in [-0.25, -0.2) is 4.79 Å². The minimum Gasteiger partial charge on any atom is -0.487 e. The molecule has 2 aromatic rings. The lowest BCUT2D eigenvalue weighted by Gasteiger charge is -2.38. The third kappa shape index (κ3) is 3.56. The molecule has 1 aromatic carbocycles. The molecule has 26 heavy (non-hydrogen) atoms. The van der Waals surface area contributed by atoms with E-state index in [2.05, 4.69) is 0 Å². The van der Waals surface area contributed by atoms with E-state index in [4.69, 9.17) is 14.3 Å². The number of carbonyl (C=O) groups is 1. The van der Waals surface area contributed by atoms with Gasteiger partial charge in [0.2, 0.25) is 0 Å². The number of hydrogen-bond donors (Lipinski definition) is 4. The molecule has 142 valence electrons. The molecule has 0 bridgehead atoms. The van der Waals surface area contributed by atoms with Crippen molar-refractivity contribution in [1.82, 2.24) is 0 Å². The van der Waals surface area contributed by atoms with E-state index in [-0.39, 0.29) is 17.6 Å². The fourth-order valence-corrected chi connectivity index (χ4v) is 3.11. The molecule has 1 fully saturated rings. The first-order valence-electron chi connectivity index (χ1n) is 7.76. The summed E-state index contributed by atoms with van der Waals surface area (Å²) < 4.78 is 10.7. The van der Waals surface area contributed by atoms with Crippen LogP contribution in [-0.2, 0) is 4.79 Å². The van der Waals surface area contributed by atoms with Crippen molar-refractivity contribution < 1.29 is 39.9 Å². The third-order valence-electron chi connectivity index (χ3n) is 4.51. The van der Waals surface area contributed by atoms with Gasteiger partial charge in [0.05, 0.1) is 12.0 Å². The Morgan fingerprint density at radius 3 is 2.50 bits per heavy atom. The first-order chi connectivity index (χ1) is 11.8. The number of hydrogen-bond acceptors (Lipinski definition) is 7. The van der Waals surface area contributed by atoms with E-state index in [0.29, 0.717) is 5.58 Å². The molecule has 3 rings (SSSR count). The lowest BCUT2D eigenvalue weighted by atomic mass is 9.81. The zero-order valence-corrected chi connectivity index (χ0v) is 13.8. The molecule has 5 atom stereocenters. The highest BCUT2D eigenvalue weighted by Gasteiger charge is 2.46. The summed E-state index contributed by atoms with van der Waals surface area (Å²) >= 11 is 0. The fraction of sp³-hybridized carbons (Fsp3) is 0.412. The number of carboxylic acid groups (broad SMARTS) is 1. The predicted molar refractivity (Wildman–Crippen MR) is 89.0 cm³/mol. The van der Waals surface area contributed by atoms with Gasteiger partial charge < -0.3 is 35.1 Å². The van der Waals surface area contributed by atoms with Crippen LogP contribution >= 0.6 is 0 Å². The van der Waals surface area contributed by atoms with Gasteiger partial charge in [0, 0.05) is 23.9 Å². The lowest BCUT2D eigenvalue weighted by molar-refractivity contribution is -0.174. The Balaban J connectivity index is 0.00000243. The van der Waals surface area contributed by atoms with Crippen LogP contribution in [0.25, 0.3) is 11.0 Å². The molecule has 0 aliphatic heterocycles. The number of carboxylic acids is 1. The molecule has 0 radical (unpaired) electrons. The number of ether oxygens (including phenoxy) is 1. The monoisotopic (exact) mass is 368 g/mol. The van der Waals surface area contributed by atoms with Crippen molar-refractivity contribution in [3.63, 3.8) is 0 Å². The summed E-state index contributed by atoms with van der Waals surface area (Å²) in [4.78, 5) is 22.7. The van der Waals surface area contributed by atoms with E-state index in [1.54, 1.807) is 19.1 Å². The Kier molecular flexibility index (Phi) is 5.67. The van der Waals surface area contributed by atoms with Crippen LogP contribution in [-0.4, -0.2) is 56.3 Å². The Morgan fingerprint density at radius 2 is 1.85 bits per heavy atom. The lowest BCUT2D eigenvalue weighted by Crippen LogP contribution is -2.57. The number of aliphatic hydroxyl groups excluding tert-OH is 3. The van der Waals surface area contributed by atoms with Crippen molar-refractivity contribution >= 4 is 16.9 Å². The van der Waals surface area contributed by atoms with Crippen LogP contribution in [0.5, 0.6) is 5.75 Å². The summed E-state index contributed by atoms with van der Waals surface area (Å²) in [6.45, 7) is 1.76.